The Morgan fingerprint density at radius 2 is 2.33 bits per heavy atom. The largest absolute Gasteiger partial charge is 0.480 e. The van der Waals surface area contributed by atoms with Crippen molar-refractivity contribution in [2.75, 3.05) is 24.7 Å². The van der Waals surface area contributed by atoms with E-state index in [9.17, 15) is 9.90 Å². The summed E-state index contributed by atoms with van der Waals surface area (Å²) in [6, 6.07) is 1.18. The molecule has 0 radical (unpaired) electrons. The molecule has 1 saturated heterocycles. The van der Waals surface area contributed by atoms with Gasteiger partial charge in [-0.1, -0.05) is 13.8 Å². The van der Waals surface area contributed by atoms with Crippen LogP contribution in [0.25, 0.3) is 0 Å². The van der Waals surface area contributed by atoms with E-state index in [1.54, 1.807) is 4.90 Å². The van der Waals surface area contributed by atoms with E-state index >= 15 is 0 Å². The van der Waals surface area contributed by atoms with Crippen LogP contribution in [0.15, 0.2) is 12.4 Å². The number of carbonyl (C=O) groups is 1. The molecule has 1 aromatic rings. The van der Waals surface area contributed by atoms with Gasteiger partial charge in [-0.25, -0.2) is 14.8 Å². The number of aliphatic carboxylic acids is 1. The van der Waals surface area contributed by atoms with E-state index in [0.717, 1.165) is 5.69 Å². The third-order valence-electron chi connectivity index (χ3n) is 2.97. The van der Waals surface area contributed by atoms with Crippen LogP contribution in [0.4, 0.5) is 5.82 Å². The maximum absolute atomic E-state index is 11.2. The minimum Gasteiger partial charge on any atom is -0.480 e. The number of nitrogens with zero attached hydrogens (tertiary/aromatic N) is 3. The summed E-state index contributed by atoms with van der Waals surface area (Å²) < 4.78 is 5.21. The number of hydrogen-bond donors (Lipinski definition) is 1. The predicted molar refractivity (Wildman–Crippen MR) is 65.7 cm³/mol. The van der Waals surface area contributed by atoms with Crippen molar-refractivity contribution in [3.05, 3.63) is 18.1 Å². The van der Waals surface area contributed by atoms with Crippen LogP contribution in [0.5, 0.6) is 0 Å². The maximum Gasteiger partial charge on any atom is 0.328 e. The van der Waals surface area contributed by atoms with Crippen molar-refractivity contribution in [2.45, 2.75) is 25.8 Å². The van der Waals surface area contributed by atoms with E-state index < -0.39 is 12.0 Å². The average Bonchev–Trinajstić information content (AvgIpc) is 2.39. The Morgan fingerprint density at radius 3 is 3.00 bits per heavy atom. The molecular weight excluding hydrogens is 234 g/mol. The molecule has 1 fully saturated rings. The zero-order chi connectivity index (χ0) is 13.1. The van der Waals surface area contributed by atoms with Gasteiger partial charge in [0.05, 0.1) is 13.2 Å². The van der Waals surface area contributed by atoms with Crippen LogP contribution >= 0.6 is 0 Å². The maximum atomic E-state index is 11.2. The van der Waals surface area contributed by atoms with Gasteiger partial charge in [0, 0.05) is 18.3 Å². The van der Waals surface area contributed by atoms with Crippen LogP contribution in [0, 0.1) is 0 Å². The lowest BCUT2D eigenvalue weighted by Crippen LogP contribution is -2.50. The van der Waals surface area contributed by atoms with Crippen molar-refractivity contribution in [1.29, 1.82) is 0 Å². The van der Waals surface area contributed by atoms with Crippen LogP contribution in [0.1, 0.15) is 25.5 Å². The fourth-order valence-electron chi connectivity index (χ4n) is 1.92. The molecule has 1 N–H and O–H groups in total. The summed E-state index contributed by atoms with van der Waals surface area (Å²) in [6.07, 6.45) is 1.49. The summed E-state index contributed by atoms with van der Waals surface area (Å²) in [5.74, 6) is 0.0554. The lowest BCUT2D eigenvalue weighted by atomic mass is 10.1. The second kappa shape index (κ2) is 5.30. The monoisotopic (exact) mass is 251 g/mol. The zero-order valence-corrected chi connectivity index (χ0v) is 10.5. The fourth-order valence-corrected chi connectivity index (χ4v) is 1.92. The molecular formula is C12H17N3O3. The number of aromatic nitrogens is 2. The van der Waals surface area contributed by atoms with Gasteiger partial charge in [-0.15, -0.1) is 0 Å². The smallest absolute Gasteiger partial charge is 0.328 e. The van der Waals surface area contributed by atoms with E-state index in [0.29, 0.717) is 19.0 Å². The topological polar surface area (TPSA) is 75.5 Å². The molecule has 2 rings (SSSR count). The van der Waals surface area contributed by atoms with Crippen LogP contribution in [-0.4, -0.2) is 46.8 Å². The van der Waals surface area contributed by atoms with Crippen molar-refractivity contribution >= 4 is 11.8 Å². The van der Waals surface area contributed by atoms with E-state index in [1.807, 2.05) is 19.9 Å². The Labute approximate surface area is 106 Å². The summed E-state index contributed by atoms with van der Waals surface area (Å²) in [5, 5.41) is 9.18. The first-order chi connectivity index (χ1) is 8.59. The first-order valence-corrected chi connectivity index (χ1v) is 5.98. The normalized spacial score (nSPS) is 20.2. The minimum absolute atomic E-state index is 0.191. The zero-order valence-electron chi connectivity index (χ0n) is 10.5. The molecule has 0 saturated carbocycles. The highest BCUT2D eigenvalue weighted by Crippen LogP contribution is 2.20. The highest BCUT2D eigenvalue weighted by Gasteiger charge is 2.30. The van der Waals surface area contributed by atoms with E-state index in [4.69, 9.17) is 4.74 Å². The molecule has 1 aliphatic rings. The molecule has 1 aliphatic heterocycles. The molecule has 0 aromatic carbocycles. The Balaban J connectivity index is 2.28. The number of ether oxygens (including phenoxy) is 1. The number of morpholine rings is 1. The van der Waals surface area contributed by atoms with E-state index in [1.165, 1.54) is 6.33 Å². The number of hydrogen-bond acceptors (Lipinski definition) is 5. The summed E-state index contributed by atoms with van der Waals surface area (Å²) in [4.78, 5) is 21.3. The molecule has 0 bridgehead atoms. The van der Waals surface area contributed by atoms with Crippen LogP contribution in [-0.2, 0) is 9.53 Å². The van der Waals surface area contributed by atoms with Crippen LogP contribution < -0.4 is 4.90 Å². The van der Waals surface area contributed by atoms with Crippen LogP contribution in [0.2, 0.25) is 0 Å². The molecule has 0 amide bonds. The molecule has 98 valence electrons. The minimum atomic E-state index is -0.889. The summed E-state index contributed by atoms with van der Waals surface area (Å²) in [6.45, 7) is 5.33. The molecule has 1 unspecified atom stereocenters. The third kappa shape index (κ3) is 2.59. The van der Waals surface area contributed by atoms with Crippen molar-refractivity contribution in [3.8, 4) is 0 Å². The van der Waals surface area contributed by atoms with Gasteiger partial charge in [0.2, 0.25) is 0 Å². The van der Waals surface area contributed by atoms with Gasteiger partial charge in [0.15, 0.2) is 6.04 Å². The standard InChI is InChI=1S/C12H17N3O3/c1-8(2)9-5-11(14-7-13-9)15-3-4-18-6-10(15)12(16)17/h5,7-8,10H,3-4,6H2,1-2H3,(H,16,17). The number of rotatable bonds is 3. The second-order valence-corrected chi connectivity index (χ2v) is 4.58. The highest BCUT2D eigenvalue weighted by molar-refractivity contribution is 5.78. The van der Waals surface area contributed by atoms with Gasteiger partial charge in [-0.3, -0.25) is 0 Å². The lowest BCUT2D eigenvalue weighted by Gasteiger charge is -2.33. The Bertz CT molecular complexity index is 436. The van der Waals surface area contributed by atoms with Crippen LogP contribution in [0.3, 0.4) is 0 Å². The van der Waals surface area contributed by atoms with E-state index in [-0.39, 0.29) is 12.5 Å². The lowest BCUT2D eigenvalue weighted by molar-refractivity contribution is -0.141. The first kappa shape index (κ1) is 12.8. The quantitative estimate of drug-likeness (QED) is 0.859. The molecule has 0 spiro atoms. The molecule has 18 heavy (non-hydrogen) atoms. The van der Waals surface area contributed by atoms with Crippen molar-refractivity contribution in [1.82, 2.24) is 9.97 Å². The van der Waals surface area contributed by atoms with Gasteiger partial charge >= 0.3 is 5.97 Å². The molecule has 1 atom stereocenters. The first-order valence-electron chi connectivity index (χ1n) is 5.98. The average molecular weight is 251 g/mol. The molecule has 2 heterocycles. The summed E-state index contributed by atoms with van der Waals surface area (Å²) >= 11 is 0. The Kier molecular flexibility index (Phi) is 3.76. The third-order valence-corrected chi connectivity index (χ3v) is 2.97. The molecule has 1 aromatic heterocycles. The van der Waals surface area contributed by atoms with Gasteiger partial charge in [-0.2, -0.15) is 0 Å². The van der Waals surface area contributed by atoms with Gasteiger partial charge in [0.25, 0.3) is 0 Å². The van der Waals surface area contributed by atoms with Gasteiger partial charge in [0.1, 0.15) is 12.1 Å². The van der Waals surface area contributed by atoms with Gasteiger partial charge in [-0.05, 0) is 5.92 Å². The Morgan fingerprint density at radius 1 is 1.56 bits per heavy atom. The fraction of sp³-hybridized carbons (Fsp3) is 0.583. The summed E-state index contributed by atoms with van der Waals surface area (Å²) in [7, 11) is 0. The molecule has 0 aliphatic carbocycles. The highest BCUT2D eigenvalue weighted by atomic mass is 16.5. The number of carboxylic acids is 1. The SMILES string of the molecule is CC(C)c1cc(N2CCOCC2C(=O)O)ncn1. The number of anilines is 1. The summed E-state index contributed by atoms with van der Waals surface area (Å²) in [5.41, 5.74) is 0.913. The van der Waals surface area contributed by atoms with Crippen molar-refractivity contribution in [3.63, 3.8) is 0 Å². The number of carboxylic acid groups (broad SMARTS) is 1. The van der Waals surface area contributed by atoms with Gasteiger partial charge < -0.3 is 14.7 Å². The molecule has 6 heteroatoms. The Hall–Kier alpha value is -1.69. The molecule has 6 nitrogen and oxygen atoms in total. The van der Waals surface area contributed by atoms with Crippen molar-refractivity contribution < 1.29 is 14.6 Å². The second-order valence-electron chi connectivity index (χ2n) is 4.58. The van der Waals surface area contributed by atoms with Crippen molar-refractivity contribution in [2.24, 2.45) is 0 Å². The predicted octanol–water partition coefficient (Wildman–Crippen LogP) is 0.890. The van der Waals surface area contributed by atoms with E-state index in [2.05, 4.69) is 9.97 Å².